The van der Waals surface area contributed by atoms with Gasteiger partial charge in [-0.1, -0.05) is 64.7 Å². The number of hydrogen-bond donors (Lipinski definition) is 0. The van der Waals surface area contributed by atoms with Crippen LogP contribution in [0.25, 0.3) is 0 Å². The Morgan fingerprint density at radius 1 is 0.419 bits per heavy atom. The van der Waals surface area contributed by atoms with Gasteiger partial charge in [0.2, 0.25) is 0 Å². The van der Waals surface area contributed by atoms with Crippen LogP contribution in [-0.4, -0.2) is 42.3 Å². The molecule has 0 bridgehead atoms. The van der Waals surface area contributed by atoms with Crippen LogP contribution in [0.3, 0.4) is 0 Å². The molecular weight excluding hydrogens is 469 g/mol. The minimum absolute atomic E-state index is 1.23. The molecule has 0 rings (SSSR count). The van der Waals surface area contributed by atoms with Crippen LogP contribution in [0, 0.1) is 0 Å². The van der Waals surface area contributed by atoms with E-state index in [9.17, 15) is 0 Å². The van der Waals surface area contributed by atoms with Gasteiger partial charge in [-0.3, -0.25) is 0 Å². The summed E-state index contributed by atoms with van der Waals surface area (Å²) in [4.78, 5) is 0. The maximum atomic E-state index is 6.74. The molecule has 0 aromatic heterocycles. The van der Waals surface area contributed by atoms with Crippen LogP contribution in [0.15, 0.2) is 0 Å². The summed E-state index contributed by atoms with van der Waals surface area (Å²) in [6.45, 7) is 26.7. The van der Waals surface area contributed by atoms with Crippen molar-refractivity contribution in [2.24, 2.45) is 0 Å². The monoisotopic (exact) mass is 524 g/mol. The van der Waals surface area contributed by atoms with E-state index in [1.54, 1.807) is 0 Å². The maximum Gasteiger partial charge on any atom is 0.314 e. The normalized spacial score (nSPS) is 14.3. The van der Waals surface area contributed by atoms with Crippen molar-refractivity contribution in [2.75, 3.05) is 0 Å². The lowest BCUT2D eigenvalue weighted by atomic mass is 10.1. The lowest BCUT2D eigenvalue weighted by molar-refractivity contribution is 0.299. The molecule has 0 fully saturated rings. The molecule has 9 heteroatoms. The molecule has 0 saturated heterocycles. The van der Waals surface area contributed by atoms with Crippen molar-refractivity contribution in [1.29, 1.82) is 0 Å². The van der Waals surface area contributed by atoms with Crippen LogP contribution in [0.2, 0.25) is 78.1 Å². The van der Waals surface area contributed by atoms with E-state index in [-0.39, 0.29) is 0 Å². The van der Waals surface area contributed by atoms with Gasteiger partial charge in [-0.05, 0) is 78.1 Å². The fourth-order valence-electron chi connectivity index (χ4n) is 4.56. The van der Waals surface area contributed by atoms with Gasteiger partial charge in [-0.2, -0.15) is 0 Å². The molecule has 0 heterocycles. The Morgan fingerprint density at radius 3 is 1.19 bits per heavy atom. The van der Waals surface area contributed by atoms with Gasteiger partial charge >= 0.3 is 25.7 Å². The van der Waals surface area contributed by atoms with E-state index in [1.165, 1.54) is 63.8 Å². The fraction of sp³-hybridized carbons (Fsp3) is 1.00. The van der Waals surface area contributed by atoms with Crippen LogP contribution < -0.4 is 0 Å². The summed E-state index contributed by atoms with van der Waals surface area (Å²) in [7, 11) is -10.1. The topological polar surface area (TPSA) is 36.9 Å². The highest BCUT2D eigenvalue weighted by Gasteiger charge is 2.44. The van der Waals surface area contributed by atoms with Crippen LogP contribution in [0.1, 0.15) is 64.7 Å². The van der Waals surface area contributed by atoms with Crippen molar-refractivity contribution >= 4 is 42.3 Å². The first kappa shape index (κ1) is 31.9. The largest absolute Gasteiger partial charge is 0.437 e. The summed E-state index contributed by atoms with van der Waals surface area (Å²) in [5, 5.41) is 0. The third kappa shape index (κ3) is 19.0. The molecule has 0 saturated carbocycles. The molecule has 4 nitrogen and oxygen atoms in total. The molecule has 0 amide bonds. The molecule has 0 aromatic rings. The third-order valence-electron chi connectivity index (χ3n) is 4.94. The van der Waals surface area contributed by atoms with Crippen molar-refractivity contribution in [3.05, 3.63) is 0 Å². The Labute approximate surface area is 201 Å². The lowest BCUT2D eigenvalue weighted by Gasteiger charge is -2.42. The summed E-state index contributed by atoms with van der Waals surface area (Å²) < 4.78 is 26.3. The van der Waals surface area contributed by atoms with Crippen LogP contribution >= 0.6 is 0 Å². The Kier molecular flexibility index (Phi) is 14.1. The summed E-state index contributed by atoms with van der Waals surface area (Å²) in [5.41, 5.74) is 0. The van der Waals surface area contributed by atoms with Gasteiger partial charge in [0.15, 0.2) is 16.6 Å². The van der Waals surface area contributed by atoms with E-state index in [2.05, 4.69) is 78.9 Å². The summed E-state index contributed by atoms with van der Waals surface area (Å²) in [6.07, 6.45) is 12.4. The maximum absolute atomic E-state index is 6.74. The summed E-state index contributed by atoms with van der Waals surface area (Å²) in [6, 6.07) is 1.23. The number of unbranched alkanes of at least 4 members (excludes halogenated alkanes) is 8. The zero-order valence-corrected chi connectivity index (χ0v) is 28.2. The molecule has 0 N–H and O–H groups in total. The second kappa shape index (κ2) is 13.7. The molecule has 0 unspecified atom stereocenters. The van der Waals surface area contributed by atoms with E-state index in [1.807, 2.05) is 0 Å². The predicted molar refractivity (Wildman–Crippen MR) is 150 cm³/mol. The quantitative estimate of drug-likeness (QED) is 0.133. The van der Waals surface area contributed by atoms with Gasteiger partial charge < -0.3 is 16.5 Å². The molecule has 0 aliphatic rings. The summed E-state index contributed by atoms with van der Waals surface area (Å²) >= 11 is 0. The van der Waals surface area contributed by atoms with Crippen molar-refractivity contribution < 1.29 is 16.5 Å². The molecule has 0 atom stereocenters. The molecule has 0 aromatic carbocycles. The third-order valence-corrected chi connectivity index (χ3v) is 23.0. The zero-order valence-electron chi connectivity index (χ0n) is 23.2. The van der Waals surface area contributed by atoms with Crippen molar-refractivity contribution in [2.45, 2.75) is 143 Å². The number of rotatable bonds is 18. The second-order valence-corrected chi connectivity index (χ2v) is 32.0. The smallest absolute Gasteiger partial charge is 0.314 e. The fourth-order valence-corrected chi connectivity index (χ4v) is 28.4. The predicted octanol–water partition coefficient (Wildman–Crippen LogP) is 8.73. The standard InChI is InChI=1S/C22H56O4Si5/c1-13-14-15-16-17-18-19-20-21-22-28(5,6)24-30(9,10)26-31(11,12)25-29(7,8)23-27(2,3)4/h13-22H2,1-12H3. The minimum atomic E-state index is -2.32. The van der Waals surface area contributed by atoms with Crippen molar-refractivity contribution in [3.63, 3.8) is 0 Å². The Balaban J connectivity index is 4.44. The molecule has 0 aliphatic carbocycles. The Hall–Kier alpha value is 0.924. The van der Waals surface area contributed by atoms with Gasteiger partial charge in [0.05, 0.1) is 0 Å². The first-order chi connectivity index (χ1) is 13.9. The van der Waals surface area contributed by atoms with Crippen LogP contribution in [0.4, 0.5) is 0 Å². The van der Waals surface area contributed by atoms with Crippen molar-refractivity contribution in [1.82, 2.24) is 0 Å². The SMILES string of the molecule is CCCCCCCCCCC[Si](C)(C)O[Si](C)(C)O[Si](C)(C)O[Si](C)(C)O[Si](C)(C)C. The van der Waals surface area contributed by atoms with Crippen LogP contribution in [-0.2, 0) is 16.5 Å². The van der Waals surface area contributed by atoms with E-state index in [0.29, 0.717) is 0 Å². The van der Waals surface area contributed by atoms with Gasteiger partial charge in [0.25, 0.3) is 0 Å². The van der Waals surface area contributed by atoms with E-state index in [0.717, 1.165) is 0 Å². The highest BCUT2D eigenvalue weighted by molar-refractivity contribution is 6.90. The molecule has 188 valence electrons. The average Bonchev–Trinajstić information content (AvgIpc) is 2.46. The summed E-state index contributed by atoms with van der Waals surface area (Å²) in [5.74, 6) is 0. The van der Waals surface area contributed by atoms with E-state index >= 15 is 0 Å². The molecule has 0 aliphatic heterocycles. The van der Waals surface area contributed by atoms with Gasteiger partial charge in [-0.25, -0.2) is 0 Å². The first-order valence-corrected chi connectivity index (χ1v) is 27.7. The second-order valence-electron chi connectivity index (χ2n) is 12.1. The van der Waals surface area contributed by atoms with Gasteiger partial charge in [0, 0.05) is 0 Å². The molecule has 31 heavy (non-hydrogen) atoms. The first-order valence-electron chi connectivity index (χ1n) is 12.7. The minimum Gasteiger partial charge on any atom is -0.437 e. The van der Waals surface area contributed by atoms with E-state index in [4.69, 9.17) is 16.5 Å². The highest BCUT2D eigenvalue weighted by Crippen LogP contribution is 2.28. The van der Waals surface area contributed by atoms with Crippen molar-refractivity contribution in [3.8, 4) is 0 Å². The average molecular weight is 525 g/mol. The van der Waals surface area contributed by atoms with Gasteiger partial charge in [-0.15, -0.1) is 0 Å². The molecular formula is C22H56O4Si5. The Morgan fingerprint density at radius 2 is 0.774 bits per heavy atom. The lowest BCUT2D eigenvalue weighted by Crippen LogP contribution is -2.58. The number of hydrogen-bond acceptors (Lipinski definition) is 4. The van der Waals surface area contributed by atoms with Crippen LogP contribution in [0.5, 0.6) is 0 Å². The van der Waals surface area contributed by atoms with Gasteiger partial charge in [0.1, 0.15) is 0 Å². The molecule has 0 radical (unpaired) electrons. The Bertz CT molecular complexity index is 491. The van der Waals surface area contributed by atoms with E-state index < -0.39 is 42.3 Å². The highest BCUT2D eigenvalue weighted by atomic mass is 28.5. The molecule has 0 spiro atoms. The zero-order chi connectivity index (χ0) is 24.4.